The maximum Gasteiger partial charge on any atom is 0.195 e. The summed E-state index contributed by atoms with van der Waals surface area (Å²) in [5.74, 6) is 0. The summed E-state index contributed by atoms with van der Waals surface area (Å²) in [4.78, 5) is 5.13. The smallest absolute Gasteiger partial charge is 0.195 e. The zero-order valence-electron chi connectivity index (χ0n) is 20.9. The Labute approximate surface area is 227 Å². The molecule has 0 radical (unpaired) electrons. The van der Waals surface area contributed by atoms with E-state index in [-0.39, 0.29) is 0 Å². The second kappa shape index (κ2) is 7.79. The normalized spacial score (nSPS) is 12.1. The van der Waals surface area contributed by atoms with Gasteiger partial charge in [0.05, 0.1) is 32.3 Å². The van der Waals surface area contributed by atoms with E-state index in [0.717, 1.165) is 16.3 Å². The topological polar surface area (TPSA) is 22.8 Å². The van der Waals surface area contributed by atoms with Gasteiger partial charge in [-0.15, -0.1) is 0 Å². The summed E-state index contributed by atoms with van der Waals surface area (Å²) in [6.45, 7) is 0. The van der Waals surface area contributed by atoms with Gasteiger partial charge in [-0.2, -0.15) is 0 Å². The van der Waals surface area contributed by atoms with Crippen LogP contribution in [0.3, 0.4) is 0 Å². The summed E-state index contributed by atoms with van der Waals surface area (Å²) < 4.78 is 6.00. The zero-order chi connectivity index (χ0) is 25.5. The predicted octanol–water partition coefficient (Wildman–Crippen LogP) is 9.64. The number of nitrogens with zero attached hydrogens (tertiary/aromatic N) is 3. The zero-order valence-corrected chi connectivity index (χ0v) is 21.7. The van der Waals surface area contributed by atoms with E-state index in [2.05, 4.69) is 137 Å². The van der Waals surface area contributed by atoms with Gasteiger partial charge >= 0.3 is 0 Å². The lowest BCUT2D eigenvalue weighted by atomic mass is 10.0. The molecule has 0 N–H and O–H groups in total. The number of benzene rings is 6. The highest BCUT2D eigenvalue weighted by Gasteiger charge is 2.22. The van der Waals surface area contributed by atoms with E-state index in [1.807, 2.05) is 0 Å². The molecule has 3 aromatic heterocycles. The first-order valence-electron chi connectivity index (χ1n) is 13.2. The average Bonchev–Trinajstić information content (AvgIpc) is 3.65. The van der Waals surface area contributed by atoms with Crippen molar-refractivity contribution in [3.05, 3.63) is 127 Å². The predicted molar refractivity (Wildman–Crippen MR) is 166 cm³/mol. The Balaban J connectivity index is 1.55. The van der Waals surface area contributed by atoms with Gasteiger partial charge in [0.1, 0.15) is 0 Å². The van der Waals surface area contributed by atoms with E-state index in [4.69, 9.17) is 4.98 Å². The van der Waals surface area contributed by atoms with Crippen LogP contribution in [0.25, 0.3) is 75.4 Å². The van der Waals surface area contributed by atoms with Crippen molar-refractivity contribution in [1.82, 2.24) is 14.1 Å². The molecule has 6 aromatic carbocycles. The lowest BCUT2D eigenvalue weighted by molar-refractivity contribution is 1.15. The summed E-state index contributed by atoms with van der Waals surface area (Å²) in [6.07, 6.45) is 0. The Morgan fingerprint density at radius 2 is 1.26 bits per heavy atom. The lowest BCUT2D eigenvalue weighted by Gasteiger charge is -2.08. The molecule has 0 spiro atoms. The van der Waals surface area contributed by atoms with Crippen molar-refractivity contribution >= 4 is 75.9 Å². The minimum Gasteiger partial charge on any atom is -0.309 e. The fourth-order valence-electron chi connectivity index (χ4n) is 6.25. The van der Waals surface area contributed by atoms with E-state index < -0.39 is 0 Å². The highest BCUT2D eigenvalue weighted by molar-refractivity contribution is 7.20. The van der Waals surface area contributed by atoms with Gasteiger partial charge in [0.15, 0.2) is 5.13 Å². The molecule has 0 amide bonds. The fourth-order valence-corrected chi connectivity index (χ4v) is 7.24. The summed E-state index contributed by atoms with van der Waals surface area (Å²) >= 11 is 1.75. The van der Waals surface area contributed by atoms with Crippen LogP contribution in [0.4, 0.5) is 0 Å². The van der Waals surface area contributed by atoms with Crippen molar-refractivity contribution in [2.45, 2.75) is 0 Å². The average molecular weight is 516 g/mol. The Bertz CT molecular complexity index is 2360. The third kappa shape index (κ3) is 2.89. The molecule has 9 aromatic rings. The van der Waals surface area contributed by atoms with Crippen LogP contribution in [-0.4, -0.2) is 14.1 Å². The number of hydrogen-bond donors (Lipinski definition) is 0. The lowest BCUT2D eigenvalue weighted by Crippen LogP contribution is -1.94. The molecule has 0 saturated heterocycles. The van der Waals surface area contributed by atoms with Crippen molar-refractivity contribution in [2.75, 3.05) is 0 Å². The van der Waals surface area contributed by atoms with Crippen molar-refractivity contribution in [3.8, 4) is 10.8 Å². The molecule has 9 rings (SSSR count). The Morgan fingerprint density at radius 1 is 0.513 bits per heavy atom. The minimum absolute atomic E-state index is 0.997. The molecule has 4 heteroatoms. The number of hydrogen-bond acceptors (Lipinski definition) is 2. The minimum atomic E-state index is 0.997. The molecular formula is C35H21N3S. The second-order valence-corrected chi connectivity index (χ2v) is 11.1. The first-order valence-corrected chi connectivity index (χ1v) is 14.0. The third-order valence-electron chi connectivity index (χ3n) is 7.92. The standard InChI is InChI=1S/C35H21N3S/c1-2-12-24(13-3-1)37-30-19-18-26-25-14-6-8-16-29(25)38(35-36-28-15-7-9-17-32(28)39-35)34(26)33(30)27-20-22-10-4-5-11-23(22)21-31(27)37/h1-21H. The van der Waals surface area contributed by atoms with Crippen LogP contribution in [0.1, 0.15) is 0 Å². The van der Waals surface area contributed by atoms with Gasteiger partial charge in [-0.1, -0.05) is 90.2 Å². The summed E-state index contributed by atoms with van der Waals surface area (Å²) in [7, 11) is 0. The quantitative estimate of drug-likeness (QED) is 0.225. The monoisotopic (exact) mass is 515 g/mol. The van der Waals surface area contributed by atoms with Crippen LogP contribution < -0.4 is 0 Å². The summed E-state index contributed by atoms with van der Waals surface area (Å²) in [5, 5.41) is 8.49. The van der Waals surface area contributed by atoms with Crippen molar-refractivity contribution < 1.29 is 0 Å². The highest BCUT2D eigenvalue weighted by atomic mass is 32.1. The van der Waals surface area contributed by atoms with Crippen LogP contribution in [0, 0.1) is 0 Å². The number of para-hydroxylation sites is 3. The maximum absolute atomic E-state index is 5.13. The molecule has 0 aliphatic rings. The largest absolute Gasteiger partial charge is 0.309 e. The molecule has 182 valence electrons. The van der Waals surface area contributed by atoms with Crippen LogP contribution >= 0.6 is 11.3 Å². The maximum atomic E-state index is 5.13. The van der Waals surface area contributed by atoms with Gasteiger partial charge in [-0.3, -0.25) is 4.57 Å². The van der Waals surface area contributed by atoms with E-state index in [0.29, 0.717) is 0 Å². The van der Waals surface area contributed by atoms with Crippen LogP contribution in [0.5, 0.6) is 0 Å². The Morgan fingerprint density at radius 3 is 2.13 bits per heavy atom. The molecule has 0 aliphatic carbocycles. The Kier molecular flexibility index (Phi) is 4.21. The van der Waals surface area contributed by atoms with Crippen molar-refractivity contribution in [2.24, 2.45) is 0 Å². The van der Waals surface area contributed by atoms with Crippen molar-refractivity contribution in [1.29, 1.82) is 0 Å². The van der Waals surface area contributed by atoms with Crippen LogP contribution in [-0.2, 0) is 0 Å². The number of thiazole rings is 1. The molecular weight excluding hydrogens is 494 g/mol. The number of aromatic nitrogens is 3. The molecule has 0 saturated carbocycles. The molecule has 0 bridgehead atoms. The van der Waals surface area contributed by atoms with Crippen LogP contribution in [0.2, 0.25) is 0 Å². The van der Waals surface area contributed by atoms with Gasteiger partial charge in [0, 0.05) is 27.2 Å². The molecule has 39 heavy (non-hydrogen) atoms. The number of fused-ring (bicyclic) bond motifs is 9. The summed E-state index contributed by atoms with van der Waals surface area (Å²) in [5.41, 5.74) is 7.00. The van der Waals surface area contributed by atoms with Gasteiger partial charge in [0.2, 0.25) is 0 Å². The Hall–Kier alpha value is -4.93. The molecule has 0 unspecified atom stereocenters. The van der Waals surface area contributed by atoms with Gasteiger partial charge in [0.25, 0.3) is 0 Å². The van der Waals surface area contributed by atoms with E-state index in [9.17, 15) is 0 Å². The van der Waals surface area contributed by atoms with E-state index in [1.54, 1.807) is 11.3 Å². The molecule has 3 heterocycles. The third-order valence-corrected chi connectivity index (χ3v) is 8.94. The van der Waals surface area contributed by atoms with Gasteiger partial charge in [-0.05, 0) is 59.3 Å². The molecule has 0 fully saturated rings. The molecule has 3 nitrogen and oxygen atoms in total. The second-order valence-electron chi connectivity index (χ2n) is 10.1. The molecule has 0 aliphatic heterocycles. The highest BCUT2D eigenvalue weighted by Crippen LogP contribution is 2.43. The van der Waals surface area contributed by atoms with Gasteiger partial charge in [-0.25, -0.2) is 4.98 Å². The van der Waals surface area contributed by atoms with E-state index in [1.165, 1.54) is 59.1 Å². The number of rotatable bonds is 2. The SMILES string of the molecule is c1ccc(-n2c3cc4ccccc4cc3c3c2ccc2c4ccccc4n(-c4nc5ccccc5s4)c23)cc1. The first kappa shape index (κ1) is 21.1. The fraction of sp³-hybridized carbons (Fsp3) is 0. The summed E-state index contributed by atoms with van der Waals surface area (Å²) in [6, 6.07) is 45.8. The van der Waals surface area contributed by atoms with E-state index >= 15 is 0 Å². The van der Waals surface area contributed by atoms with Crippen molar-refractivity contribution in [3.63, 3.8) is 0 Å². The first-order chi connectivity index (χ1) is 19.3. The van der Waals surface area contributed by atoms with Crippen LogP contribution in [0.15, 0.2) is 127 Å². The molecule has 0 atom stereocenters. The van der Waals surface area contributed by atoms with Gasteiger partial charge < -0.3 is 4.57 Å².